The van der Waals surface area contributed by atoms with Crippen LogP contribution < -0.4 is 5.32 Å². The summed E-state index contributed by atoms with van der Waals surface area (Å²) in [4.78, 5) is 13.5. The third kappa shape index (κ3) is 4.18. The van der Waals surface area contributed by atoms with Crippen molar-refractivity contribution >= 4 is 5.82 Å². The lowest BCUT2D eigenvalue weighted by molar-refractivity contribution is 1.03. The van der Waals surface area contributed by atoms with E-state index in [0.29, 0.717) is 0 Å². The molecule has 2 aromatic heterocycles. The van der Waals surface area contributed by atoms with Gasteiger partial charge in [-0.25, -0.2) is 9.97 Å². The molecule has 2 heterocycles. The molecule has 4 rings (SSSR count). The number of benzene rings is 2. The summed E-state index contributed by atoms with van der Waals surface area (Å²) in [5.41, 5.74) is 5.26. The normalized spacial score (nSPS) is 10.6. The number of rotatable bonds is 5. The Bertz CT molecular complexity index is 1030. The molecule has 0 fully saturated rings. The van der Waals surface area contributed by atoms with Crippen molar-refractivity contribution in [3.05, 3.63) is 96.6 Å². The molecule has 0 aliphatic carbocycles. The van der Waals surface area contributed by atoms with Crippen LogP contribution in [0.4, 0.5) is 5.82 Å². The van der Waals surface area contributed by atoms with Crippen LogP contribution in [0.1, 0.15) is 11.4 Å². The van der Waals surface area contributed by atoms with E-state index in [0.717, 1.165) is 40.6 Å². The molecule has 0 aliphatic heterocycles. The van der Waals surface area contributed by atoms with Crippen molar-refractivity contribution in [3.63, 3.8) is 0 Å². The van der Waals surface area contributed by atoms with Gasteiger partial charge in [-0.05, 0) is 24.1 Å². The second-order valence-corrected chi connectivity index (χ2v) is 6.35. The number of aromatic nitrogens is 3. The third-order valence-corrected chi connectivity index (χ3v) is 4.30. The molecule has 0 bridgehead atoms. The Labute approximate surface area is 159 Å². The number of nitrogens with one attached hydrogen (secondary N) is 1. The van der Waals surface area contributed by atoms with Crippen LogP contribution in [0.2, 0.25) is 0 Å². The van der Waals surface area contributed by atoms with Crippen LogP contribution in [0.3, 0.4) is 0 Å². The molecule has 4 heteroatoms. The van der Waals surface area contributed by atoms with Crippen LogP contribution in [0.5, 0.6) is 0 Å². The Kier molecular flexibility index (Phi) is 4.88. The maximum Gasteiger partial charge on any atom is 0.130 e. The van der Waals surface area contributed by atoms with E-state index in [1.807, 2.05) is 61.8 Å². The quantitative estimate of drug-likeness (QED) is 0.541. The molecular formula is C23H20N4. The first-order valence-corrected chi connectivity index (χ1v) is 8.92. The highest BCUT2D eigenvalue weighted by molar-refractivity contribution is 5.71. The molecule has 2 aromatic carbocycles. The molecule has 0 atom stereocenters. The van der Waals surface area contributed by atoms with Crippen molar-refractivity contribution < 1.29 is 0 Å². The lowest BCUT2D eigenvalue weighted by Gasteiger charge is -2.10. The molecular weight excluding hydrogens is 332 g/mol. The second-order valence-electron chi connectivity index (χ2n) is 6.35. The molecule has 0 saturated heterocycles. The van der Waals surface area contributed by atoms with Gasteiger partial charge in [0.05, 0.1) is 5.69 Å². The summed E-state index contributed by atoms with van der Waals surface area (Å²) in [6.45, 7) is 2.63. The Morgan fingerprint density at radius 2 is 1.44 bits per heavy atom. The summed E-state index contributed by atoms with van der Waals surface area (Å²) in [5.74, 6) is 1.54. The average molecular weight is 352 g/mol. The molecule has 0 saturated carbocycles. The first kappa shape index (κ1) is 16.9. The molecule has 0 unspecified atom stereocenters. The van der Waals surface area contributed by atoms with E-state index in [2.05, 4.69) is 50.6 Å². The molecule has 0 aliphatic rings. The van der Waals surface area contributed by atoms with Gasteiger partial charge in [-0.1, -0.05) is 60.7 Å². The molecule has 27 heavy (non-hydrogen) atoms. The van der Waals surface area contributed by atoms with Crippen molar-refractivity contribution in [2.24, 2.45) is 0 Å². The van der Waals surface area contributed by atoms with Gasteiger partial charge in [-0.3, -0.25) is 4.98 Å². The number of nitrogens with zero attached hydrogens (tertiary/aromatic N) is 3. The third-order valence-electron chi connectivity index (χ3n) is 4.30. The van der Waals surface area contributed by atoms with Crippen LogP contribution in [0.25, 0.3) is 22.4 Å². The average Bonchev–Trinajstić information content (AvgIpc) is 2.73. The first-order chi connectivity index (χ1) is 13.3. The summed E-state index contributed by atoms with van der Waals surface area (Å²) in [5, 5.41) is 3.39. The van der Waals surface area contributed by atoms with Gasteiger partial charge in [0.1, 0.15) is 11.6 Å². The van der Waals surface area contributed by atoms with E-state index >= 15 is 0 Å². The van der Waals surface area contributed by atoms with Gasteiger partial charge >= 0.3 is 0 Å². The summed E-state index contributed by atoms with van der Waals surface area (Å²) in [7, 11) is 0. The zero-order valence-electron chi connectivity index (χ0n) is 15.1. The molecule has 4 aromatic rings. The van der Waals surface area contributed by atoms with Gasteiger partial charge in [0.15, 0.2) is 0 Å². The highest BCUT2D eigenvalue weighted by Crippen LogP contribution is 2.25. The summed E-state index contributed by atoms with van der Waals surface area (Å²) >= 11 is 0. The number of hydrogen-bond acceptors (Lipinski definition) is 4. The molecule has 4 nitrogen and oxygen atoms in total. The van der Waals surface area contributed by atoms with Crippen molar-refractivity contribution in [3.8, 4) is 22.4 Å². The Morgan fingerprint density at radius 3 is 2.22 bits per heavy atom. The first-order valence-electron chi connectivity index (χ1n) is 8.92. The summed E-state index contributed by atoms with van der Waals surface area (Å²) in [6.07, 6.45) is 3.72. The van der Waals surface area contributed by atoms with Crippen LogP contribution in [-0.4, -0.2) is 15.0 Å². The Morgan fingerprint density at radius 1 is 0.741 bits per heavy atom. The van der Waals surface area contributed by atoms with Crippen molar-refractivity contribution in [2.45, 2.75) is 13.5 Å². The Hall–Kier alpha value is -3.53. The number of anilines is 1. The zero-order valence-corrected chi connectivity index (χ0v) is 15.1. The standard InChI is InChI=1S/C23H20N4/c1-17-26-22(13-23(27-17)25-14-18-8-4-2-5-9-18)21-12-20(15-24-16-21)19-10-6-3-7-11-19/h2-13,15-16H,14H2,1H3,(H,25,26,27). The van der Waals surface area contributed by atoms with Crippen LogP contribution in [-0.2, 0) is 6.54 Å². The van der Waals surface area contributed by atoms with E-state index in [1.165, 1.54) is 5.56 Å². The SMILES string of the molecule is Cc1nc(NCc2ccccc2)cc(-c2cncc(-c3ccccc3)c2)n1. The van der Waals surface area contributed by atoms with E-state index in [1.54, 1.807) is 0 Å². The smallest absolute Gasteiger partial charge is 0.130 e. The predicted molar refractivity (Wildman–Crippen MR) is 109 cm³/mol. The lowest BCUT2D eigenvalue weighted by atomic mass is 10.0. The fourth-order valence-electron chi connectivity index (χ4n) is 2.96. The number of pyridine rings is 1. The minimum Gasteiger partial charge on any atom is -0.366 e. The highest BCUT2D eigenvalue weighted by Gasteiger charge is 2.07. The fourth-order valence-corrected chi connectivity index (χ4v) is 2.96. The van der Waals surface area contributed by atoms with Crippen LogP contribution in [0.15, 0.2) is 85.2 Å². The van der Waals surface area contributed by atoms with Gasteiger partial charge in [-0.15, -0.1) is 0 Å². The minimum absolute atomic E-state index is 0.721. The molecule has 1 N–H and O–H groups in total. The van der Waals surface area contributed by atoms with Gasteiger partial charge < -0.3 is 5.32 Å². The van der Waals surface area contributed by atoms with Crippen LogP contribution in [0, 0.1) is 6.92 Å². The summed E-state index contributed by atoms with van der Waals surface area (Å²) in [6, 6.07) is 24.6. The van der Waals surface area contributed by atoms with Gasteiger partial charge in [0, 0.05) is 36.1 Å². The van der Waals surface area contributed by atoms with Crippen LogP contribution >= 0.6 is 0 Å². The molecule has 132 valence electrons. The maximum absolute atomic E-state index is 4.60. The highest BCUT2D eigenvalue weighted by atomic mass is 15.0. The van der Waals surface area contributed by atoms with E-state index in [4.69, 9.17) is 0 Å². The zero-order chi connectivity index (χ0) is 18.5. The van der Waals surface area contributed by atoms with Crippen molar-refractivity contribution in [2.75, 3.05) is 5.32 Å². The van der Waals surface area contributed by atoms with Gasteiger partial charge in [0.25, 0.3) is 0 Å². The largest absolute Gasteiger partial charge is 0.366 e. The minimum atomic E-state index is 0.721. The molecule has 0 amide bonds. The number of hydrogen-bond donors (Lipinski definition) is 1. The van der Waals surface area contributed by atoms with E-state index < -0.39 is 0 Å². The van der Waals surface area contributed by atoms with Crippen molar-refractivity contribution in [1.29, 1.82) is 0 Å². The molecule has 0 spiro atoms. The fraction of sp³-hybridized carbons (Fsp3) is 0.0870. The maximum atomic E-state index is 4.60. The predicted octanol–water partition coefficient (Wildman–Crippen LogP) is 5.13. The lowest BCUT2D eigenvalue weighted by Crippen LogP contribution is -2.04. The number of aryl methyl sites for hydroxylation is 1. The molecule has 0 radical (unpaired) electrons. The van der Waals surface area contributed by atoms with E-state index in [-0.39, 0.29) is 0 Å². The van der Waals surface area contributed by atoms with Crippen molar-refractivity contribution in [1.82, 2.24) is 15.0 Å². The monoisotopic (exact) mass is 352 g/mol. The van der Waals surface area contributed by atoms with E-state index in [9.17, 15) is 0 Å². The van der Waals surface area contributed by atoms with Gasteiger partial charge in [-0.2, -0.15) is 0 Å². The Balaban J connectivity index is 1.61. The topological polar surface area (TPSA) is 50.7 Å². The second kappa shape index (κ2) is 7.79. The summed E-state index contributed by atoms with van der Waals surface area (Å²) < 4.78 is 0. The van der Waals surface area contributed by atoms with Gasteiger partial charge in [0.2, 0.25) is 0 Å².